The number of rotatable bonds is 3. The fourth-order valence-corrected chi connectivity index (χ4v) is 5.99. The molecule has 1 aromatic rings. The predicted molar refractivity (Wildman–Crippen MR) is 74.5 cm³/mol. The zero-order valence-corrected chi connectivity index (χ0v) is 11.6. The third kappa shape index (κ3) is 2.28. The largest absolute Gasteiger partial charge is 0.326 e. The molecule has 3 rings (SSSR count). The van der Waals surface area contributed by atoms with Gasteiger partial charge >= 0.3 is 0 Å². The van der Waals surface area contributed by atoms with E-state index in [1.807, 2.05) is 11.3 Å². The predicted octanol–water partition coefficient (Wildman–Crippen LogP) is 3.00. The van der Waals surface area contributed by atoms with Crippen molar-refractivity contribution in [2.75, 3.05) is 17.3 Å². The number of aromatic nitrogens is 1. The molecule has 1 saturated heterocycles. The van der Waals surface area contributed by atoms with Crippen LogP contribution >= 0.6 is 34.9 Å². The Kier molecular flexibility index (Phi) is 3.47. The molecule has 88 valence electrons. The second-order valence-electron chi connectivity index (χ2n) is 4.27. The standard InChI is InChI=1S/C11H16N2S3/c12-5-8-10(7-1-2-7)13-11(16-8)9-6-14-3-4-15-9/h7,9H,1-6,12H2. The second-order valence-corrected chi connectivity index (χ2v) is 7.85. The van der Waals surface area contributed by atoms with Crippen LogP contribution in [0.1, 0.15) is 39.6 Å². The lowest BCUT2D eigenvalue weighted by Gasteiger charge is -2.18. The van der Waals surface area contributed by atoms with Gasteiger partial charge in [-0.3, -0.25) is 0 Å². The number of hydrogen-bond acceptors (Lipinski definition) is 5. The van der Waals surface area contributed by atoms with E-state index in [4.69, 9.17) is 10.7 Å². The normalized spacial score (nSPS) is 25.9. The summed E-state index contributed by atoms with van der Waals surface area (Å²) in [5.41, 5.74) is 7.15. The summed E-state index contributed by atoms with van der Waals surface area (Å²) in [6, 6.07) is 0. The van der Waals surface area contributed by atoms with E-state index in [1.54, 1.807) is 0 Å². The summed E-state index contributed by atoms with van der Waals surface area (Å²) in [7, 11) is 0. The summed E-state index contributed by atoms with van der Waals surface area (Å²) in [5.74, 6) is 4.54. The molecule has 1 atom stereocenters. The first kappa shape index (κ1) is 11.4. The van der Waals surface area contributed by atoms with E-state index < -0.39 is 0 Å². The van der Waals surface area contributed by atoms with Crippen LogP contribution in [-0.4, -0.2) is 22.2 Å². The molecule has 0 aromatic carbocycles. The van der Waals surface area contributed by atoms with Gasteiger partial charge in [-0.1, -0.05) is 0 Å². The van der Waals surface area contributed by atoms with Crippen LogP contribution < -0.4 is 5.73 Å². The van der Waals surface area contributed by atoms with Gasteiger partial charge in [0.1, 0.15) is 5.01 Å². The summed E-state index contributed by atoms with van der Waals surface area (Å²) in [6.07, 6.45) is 2.64. The van der Waals surface area contributed by atoms with Gasteiger partial charge in [0.2, 0.25) is 0 Å². The maximum absolute atomic E-state index is 5.82. The van der Waals surface area contributed by atoms with Crippen LogP contribution in [0.15, 0.2) is 0 Å². The van der Waals surface area contributed by atoms with Crippen LogP contribution in [-0.2, 0) is 6.54 Å². The number of nitrogens with zero attached hydrogens (tertiary/aromatic N) is 1. The molecular weight excluding hydrogens is 256 g/mol. The lowest BCUT2D eigenvalue weighted by atomic mass is 10.2. The molecule has 1 unspecified atom stereocenters. The van der Waals surface area contributed by atoms with E-state index in [0.717, 1.165) is 5.92 Å². The van der Waals surface area contributed by atoms with Crippen LogP contribution in [0.5, 0.6) is 0 Å². The van der Waals surface area contributed by atoms with Crippen molar-refractivity contribution in [3.05, 3.63) is 15.6 Å². The van der Waals surface area contributed by atoms with Crippen molar-refractivity contribution in [3.8, 4) is 0 Å². The first-order valence-electron chi connectivity index (χ1n) is 5.77. The Hall–Kier alpha value is 0.290. The van der Waals surface area contributed by atoms with Crippen LogP contribution in [0.2, 0.25) is 0 Å². The molecule has 5 heteroatoms. The minimum atomic E-state index is 0.626. The highest BCUT2D eigenvalue weighted by atomic mass is 32.2. The average molecular weight is 272 g/mol. The smallest absolute Gasteiger partial charge is 0.107 e. The van der Waals surface area contributed by atoms with Gasteiger partial charge in [0.15, 0.2) is 0 Å². The van der Waals surface area contributed by atoms with Gasteiger partial charge in [-0.05, 0) is 12.8 Å². The highest BCUT2D eigenvalue weighted by molar-refractivity contribution is 8.06. The lowest BCUT2D eigenvalue weighted by molar-refractivity contribution is 0.948. The molecule has 1 aromatic heterocycles. The molecule has 0 radical (unpaired) electrons. The van der Waals surface area contributed by atoms with Gasteiger partial charge in [0, 0.05) is 34.6 Å². The summed E-state index contributed by atoms with van der Waals surface area (Å²) in [4.78, 5) is 6.21. The zero-order valence-electron chi connectivity index (χ0n) is 9.15. The van der Waals surface area contributed by atoms with Crippen LogP contribution in [0, 0.1) is 0 Å². The maximum atomic E-state index is 5.82. The van der Waals surface area contributed by atoms with Crippen molar-refractivity contribution >= 4 is 34.9 Å². The minimum Gasteiger partial charge on any atom is -0.326 e. The van der Waals surface area contributed by atoms with Crippen molar-refractivity contribution in [2.24, 2.45) is 5.73 Å². The second kappa shape index (κ2) is 4.88. The molecule has 2 heterocycles. The Morgan fingerprint density at radius 2 is 2.19 bits per heavy atom. The Balaban J connectivity index is 1.83. The van der Waals surface area contributed by atoms with Gasteiger partial charge in [-0.25, -0.2) is 4.98 Å². The molecule has 2 N–H and O–H groups in total. The molecule has 0 bridgehead atoms. The van der Waals surface area contributed by atoms with E-state index in [2.05, 4.69) is 23.5 Å². The first-order valence-corrected chi connectivity index (χ1v) is 8.79. The summed E-state index contributed by atoms with van der Waals surface area (Å²) >= 11 is 5.99. The van der Waals surface area contributed by atoms with Crippen molar-refractivity contribution in [1.29, 1.82) is 0 Å². The Labute approximate surface area is 109 Å². The molecule has 1 saturated carbocycles. The molecular formula is C11H16N2S3. The third-order valence-electron chi connectivity index (χ3n) is 2.98. The van der Waals surface area contributed by atoms with Gasteiger partial charge in [0.05, 0.1) is 10.9 Å². The van der Waals surface area contributed by atoms with E-state index in [9.17, 15) is 0 Å². The highest BCUT2D eigenvalue weighted by Gasteiger charge is 2.31. The first-order chi connectivity index (χ1) is 7.88. The summed E-state index contributed by atoms with van der Waals surface area (Å²) < 4.78 is 0. The molecule has 16 heavy (non-hydrogen) atoms. The molecule has 0 spiro atoms. The number of thiazole rings is 1. The third-order valence-corrected chi connectivity index (χ3v) is 7.10. The van der Waals surface area contributed by atoms with Crippen LogP contribution in [0.25, 0.3) is 0 Å². The Morgan fingerprint density at radius 1 is 1.31 bits per heavy atom. The highest BCUT2D eigenvalue weighted by Crippen LogP contribution is 2.45. The fraction of sp³-hybridized carbons (Fsp3) is 0.727. The Morgan fingerprint density at radius 3 is 2.81 bits per heavy atom. The van der Waals surface area contributed by atoms with E-state index in [0.29, 0.717) is 11.8 Å². The van der Waals surface area contributed by atoms with Crippen molar-refractivity contribution < 1.29 is 0 Å². The van der Waals surface area contributed by atoms with Crippen molar-refractivity contribution in [3.63, 3.8) is 0 Å². The average Bonchev–Trinajstić information content (AvgIpc) is 3.10. The minimum absolute atomic E-state index is 0.626. The molecule has 2 aliphatic rings. The Bertz CT molecular complexity index is 367. The number of hydrogen-bond donors (Lipinski definition) is 1. The fourth-order valence-electron chi connectivity index (χ4n) is 1.97. The summed E-state index contributed by atoms with van der Waals surface area (Å²) in [6.45, 7) is 0.675. The van der Waals surface area contributed by atoms with Crippen molar-refractivity contribution in [1.82, 2.24) is 4.98 Å². The zero-order chi connectivity index (χ0) is 11.0. The quantitative estimate of drug-likeness (QED) is 0.918. The number of thioether (sulfide) groups is 2. The van der Waals surface area contributed by atoms with Crippen LogP contribution in [0.3, 0.4) is 0 Å². The van der Waals surface area contributed by atoms with Crippen LogP contribution in [0.4, 0.5) is 0 Å². The van der Waals surface area contributed by atoms with Gasteiger partial charge < -0.3 is 5.73 Å². The van der Waals surface area contributed by atoms with E-state index >= 15 is 0 Å². The van der Waals surface area contributed by atoms with Crippen molar-refractivity contribution in [2.45, 2.75) is 30.6 Å². The molecule has 2 fully saturated rings. The van der Waals surface area contributed by atoms with Gasteiger partial charge in [0.25, 0.3) is 0 Å². The topological polar surface area (TPSA) is 38.9 Å². The number of nitrogens with two attached hydrogens (primary N) is 1. The SMILES string of the molecule is NCc1sc(C2CSCCS2)nc1C1CC1. The van der Waals surface area contributed by atoms with E-state index in [1.165, 1.54) is 45.7 Å². The molecule has 2 nitrogen and oxygen atoms in total. The monoisotopic (exact) mass is 272 g/mol. The molecule has 0 amide bonds. The summed E-state index contributed by atoms with van der Waals surface area (Å²) in [5, 5.41) is 1.96. The van der Waals surface area contributed by atoms with Gasteiger partial charge in [-0.2, -0.15) is 11.8 Å². The molecule has 1 aliphatic carbocycles. The maximum Gasteiger partial charge on any atom is 0.107 e. The van der Waals surface area contributed by atoms with Gasteiger partial charge in [-0.15, -0.1) is 23.1 Å². The lowest BCUT2D eigenvalue weighted by Crippen LogP contribution is -2.06. The van der Waals surface area contributed by atoms with E-state index in [-0.39, 0.29) is 0 Å². The molecule has 1 aliphatic heterocycles.